The molecule has 3 aromatic rings. The molecule has 0 radical (unpaired) electrons. The van der Waals surface area contributed by atoms with Crippen LogP contribution >= 0.6 is 0 Å². The summed E-state index contributed by atoms with van der Waals surface area (Å²) in [5.74, 6) is 0.137. The summed E-state index contributed by atoms with van der Waals surface area (Å²) in [6.07, 6.45) is 9.68. The molecule has 2 atom stereocenters. The van der Waals surface area contributed by atoms with E-state index in [9.17, 15) is 0 Å². The van der Waals surface area contributed by atoms with Crippen LogP contribution in [0.25, 0.3) is 22.2 Å². The molecule has 0 amide bonds. The van der Waals surface area contributed by atoms with Crippen molar-refractivity contribution < 1.29 is 9.13 Å². The number of nitrogens with two attached hydrogens (primary N) is 1. The normalized spacial score (nSPS) is 23.6. The first kappa shape index (κ1) is 25.6. The molecule has 4 N–H and O–H groups in total. The Balaban J connectivity index is 1.36. The maximum Gasteiger partial charge on any atom is 0.319 e. The summed E-state index contributed by atoms with van der Waals surface area (Å²) in [7, 11) is 0. The number of benzene rings is 1. The number of halogens is 1. The van der Waals surface area contributed by atoms with Gasteiger partial charge < -0.3 is 26.1 Å². The molecule has 1 aromatic carbocycles. The van der Waals surface area contributed by atoms with Crippen molar-refractivity contribution in [1.29, 1.82) is 5.41 Å². The van der Waals surface area contributed by atoms with Crippen LogP contribution in [-0.2, 0) is 0 Å². The number of aromatic nitrogens is 3. The molecule has 7 rings (SSSR count). The molecule has 4 fully saturated rings. The second-order valence-corrected chi connectivity index (χ2v) is 12.1. The van der Waals surface area contributed by atoms with Gasteiger partial charge in [0.25, 0.3) is 0 Å². The Bertz CT molecular complexity index is 1490. The van der Waals surface area contributed by atoms with Gasteiger partial charge in [-0.3, -0.25) is 9.88 Å². The Hall–Kier alpha value is -3.37. The molecule has 10 heteroatoms. The highest BCUT2D eigenvalue weighted by Crippen LogP contribution is 2.40. The number of piperazine rings is 1. The monoisotopic (exact) mass is 544 g/mol. The first-order chi connectivity index (χ1) is 19.4. The van der Waals surface area contributed by atoms with Gasteiger partial charge >= 0.3 is 6.01 Å². The topological polar surface area (TPSA) is 116 Å². The van der Waals surface area contributed by atoms with Gasteiger partial charge in [-0.15, -0.1) is 0 Å². The Labute approximate surface area is 233 Å². The van der Waals surface area contributed by atoms with E-state index < -0.39 is 5.82 Å². The van der Waals surface area contributed by atoms with Crippen LogP contribution in [0.15, 0.2) is 12.3 Å². The predicted octanol–water partition coefficient (Wildman–Crippen LogP) is 3.98. The molecule has 4 aliphatic heterocycles. The summed E-state index contributed by atoms with van der Waals surface area (Å²) < 4.78 is 23.0. The molecule has 40 heavy (non-hydrogen) atoms. The Kier molecular flexibility index (Phi) is 6.16. The maximum atomic E-state index is 16.6. The van der Waals surface area contributed by atoms with E-state index >= 15 is 4.39 Å². The number of aryl methyl sites for hydroxylation is 1. The van der Waals surface area contributed by atoms with Crippen LogP contribution in [0.2, 0.25) is 0 Å². The van der Waals surface area contributed by atoms with Crippen LogP contribution in [0.4, 0.5) is 15.9 Å². The average molecular weight is 545 g/mol. The lowest BCUT2D eigenvalue weighted by Crippen LogP contribution is -2.51. The van der Waals surface area contributed by atoms with Crippen LogP contribution < -0.4 is 20.7 Å². The first-order valence-electron chi connectivity index (χ1n) is 14.5. The molecule has 6 heterocycles. The molecule has 2 unspecified atom stereocenters. The summed E-state index contributed by atoms with van der Waals surface area (Å²) in [6, 6.07) is 2.81. The fraction of sp³-hybridized carbons (Fsp3) is 0.533. The molecule has 210 valence electrons. The van der Waals surface area contributed by atoms with Crippen molar-refractivity contribution >= 4 is 28.6 Å². The number of nitrogens with one attached hydrogen (secondary N) is 2. The third kappa shape index (κ3) is 4.03. The standard InChI is InChI=1S/C30H37FN8O/c1-17-11-23(33)21(12-32)24(18(17)2)27-25(31)26-22(13-34-27)28(38-14-19-5-6-20(15-38)35-19)37-29(36-26)40-16-30-7-3-9-39(30)10-4-8-30/h11-13,19-20,32,35H,3-10,14-16,33H2,1-2H3. The zero-order chi connectivity index (χ0) is 27.6. The fourth-order valence-electron chi connectivity index (χ4n) is 7.55. The van der Waals surface area contributed by atoms with Crippen molar-refractivity contribution in [3.63, 3.8) is 0 Å². The number of nitrogen functional groups attached to an aromatic ring is 1. The molecule has 4 aliphatic rings. The highest BCUT2D eigenvalue weighted by atomic mass is 19.1. The lowest BCUT2D eigenvalue weighted by Gasteiger charge is -2.34. The van der Waals surface area contributed by atoms with Crippen molar-refractivity contribution in [2.45, 2.75) is 70.0 Å². The molecule has 4 saturated heterocycles. The van der Waals surface area contributed by atoms with Gasteiger partial charge in [-0.2, -0.15) is 9.97 Å². The summed E-state index contributed by atoms with van der Waals surface area (Å²) in [6.45, 7) is 8.16. The van der Waals surface area contributed by atoms with Gasteiger partial charge in [-0.1, -0.05) is 0 Å². The van der Waals surface area contributed by atoms with Crippen molar-refractivity contribution in [3.8, 4) is 17.3 Å². The Morgan fingerprint density at radius 2 is 1.90 bits per heavy atom. The van der Waals surface area contributed by atoms with Crippen LogP contribution in [-0.4, -0.2) is 76.5 Å². The third-order valence-corrected chi connectivity index (χ3v) is 9.74. The number of rotatable bonds is 6. The minimum atomic E-state index is -0.540. The molecular formula is C30H37FN8O. The van der Waals surface area contributed by atoms with Crippen molar-refractivity contribution in [2.75, 3.05) is 43.4 Å². The number of hydrogen-bond donors (Lipinski definition) is 3. The number of nitrogens with zero attached hydrogens (tertiary/aromatic N) is 5. The van der Waals surface area contributed by atoms with Gasteiger partial charge in [0.1, 0.15) is 23.6 Å². The van der Waals surface area contributed by atoms with Gasteiger partial charge in [-0.05, 0) is 82.7 Å². The molecule has 0 saturated carbocycles. The lowest BCUT2D eigenvalue weighted by atomic mass is 9.93. The van der Waals surface area contributed by atoms with Crippen molar-refractivity contribution in [1.82, 2.24) is 25.2 Å². The zero-order valence-corrected chi connectivity index (χ0v) is 23.3. The van der Waals surface area contributed by atoms with Gasteiger partial charge in [-0.25, -0.2) is 4.39 Å². The Morgan fingerprint density at radius 1 is 1.18 bits per heavy atom. The van der Waals surface area contributed by atoms with Crippen LogP contribution in [0, 0.1) is 25.1 Å². The molecular weight excluding hydrogens is 507 g/mol. The van der Waals surface area contributed by atoms with Crippen LogP contribution in [0.5, 0.6) is 6.01 Å². The summed E-state index contributed by atoms with van der Waals surface area (Å²) in [5, 5.41) is 12.2. The molecule has 2 aromatic heterocycles. The van der Waals surface area contributed by atoms with E-state index in [1.165, 1.54) is 19.1 Å². The minimum absolute atomic E-state index is 0.0314. The minimum Gasteiger partial charge on any atom is -0.461 e. The SMILES string of the molecule is Cc1cc(N)c(C=N)c(-c2ncc3c(N4CC5CCC(C4)N5)nc(OCC45CCCN4CCC5)nc3c2F)c1C. The molecule has 9 nitrogen and oxygen atoms in total. The second kappa shape index (κ2) is 9.62. The van der Waals surface area contributed by atoms with E-state index in [1.54, 1.807) is 6.20 Å². The Morgan fingerprint density at radius 3 is 2.60 bits per heavy atom. The van der Waals surface area contributed by atoms with Crippen LogP contribution in [0.3, 0.4) is 0 Å². The highest BCUT2D eigenvalue weighted by Gasteiger charge is 2.45. The number of pyridine rings is 1. The van der Waals surface area contributed by atoms with E-state index in [1.807, 2.05) is 19.9 Å². The van der Waals surface area contributed by atoms with Gasteiger partial charge in [0.2, 0.25) is 0 Å². The van der Waals surface area contributed by atoms with E-state index in [2.05, 4.69) is 25.1 Å². The average Bonchev–Trinajstić information content (AvgIpc) is 3.63. The van der Waals surface area contributed by atoms with Crippen LogP contribution in [0.1, 0.15) is 55.2 Å². The van der Waals surface area contributed by atoms with Gasteiger partial charge in [0.05, 0.1) is 10.9 Å². The number of hydrogen-bond acceptors (Lipinski definition) is 9. The highest BCUT2D eigenvalue weighted by molar-refractivity contribution is 5.99. The lowest BCUT2D eigenvalue weighted by molar-refractivity contribution is 0.108. The van der Waals surface area contributed by atoms with Crippen molar-refractivity contribution in [2.24, 2.45) is 0 Å². The fourth-order valence-corrected chi connectivity index (χ4v) is 7.55. The van der Waals surface area contributed by atoms with E-state index in [-0.39, 0.29) is 22.8 Å². The molecule has 0 spiro atoms. The zero-order valence-electron chi connectivity index (χ0n) is 23.3. The van der Waals surface area contributed by atoms with E-state index in [4.69, 9.17) is 20.9 Å². The number of anilines is 2. The number of fused-ring (bicyclic) bond motifs is 4. The first-order valence-corrected chi connectivity index (χ1v) is 14.5. The maximum absolute atomic E-state index is 16.6. The summed E-state index contributed by atoms with van der Waals surface area (Å²) in [5.41, 5.74) is 9.79. The predicted molar refractivity (Wildman–Crippen MR) is 155 cm³/mol. The summed E-state index contributed by atoms with van der Waals surface area (Å²) in [4.78, 5) is 19.0. The molecule has 2 bridgehead atoms. The van der Waals surface area contributed by atoms with Crippen molar-refractivity contribution in [3.05, 3.63) is 34.8 Å². The summed E-state index contributed by atoms with van der Waals surface area (Å²) >= 11 is 0. The second-order valence-electron chi connectivity index (χ2n) is 12.1. The largest absolute Gasteiger partial charge is 0.461 e. The number of ether oxygens (including phenoxy) is 1. The van der Waals surface area contributed by atoms with Gasteiger partial charge in [0.15, 0.2) is 5.82 Å². The smallest absolute Gasteiger partial charge is 0.319 e. The van der Waals surface area contributed by atoms with Gasteiger partial charge in [0, 0.05) is 54.4 Å². The van der Waals surface area contributed by atoms with E-state index in [0.29, 0.717) is 46.7 Å². The van der Waals surface area contributed by atoms with E-state index in [0.717, 1.165) is 63.0 Å². The quantitative estimate of drug-likeness (QED) is 0.315. The molecule has 0 aliphatic carbocycles. The third-order valence-electron chi connectivity index (χ3n) is 9.74.